The van der Waals surface area contributed by atoms with Crippen LogP contribution < -0.4 is 26.7 Å². The highest BCUT2D eigenvalue weighted by Crippen LogP contribution is 2.28. The largest absolute Gasteiger partial charge is 0.480 e. The molecule has 0 unspecified atom stereocenters. The summed E-state index contributed by atoms with van der Waals surface area (Å²) in [6.07, 6.45) is 5.06. The number of amides is 1. The Morgan fingerprint density at radius 1 is 1.21 bits per heavy atom. The molecule has 1 aliphatic carbocycles. The van der Waals surface area contributed by atoms with E-state index in [4.69, 9.17) is 10.5 Å². The lowest BCUT2D eigenvalue weighted by Gasteiger charge is -2.33. The molecule has 10 heteroatoms. The second kappa shape index (κ2) is 9.47. The Labute approximate surface area is 195 Å². The second-order valence-corrected chi connectivity index (χ2v) is 8.98. The van der Waals surface area contributed by atoms with Crippen LogP contribution in [-0.2, 0) is 17.9 Å². The van der Waals surface area contributed by atoms with Gasteiger partial charge < -0.3 is 25.7 Å². The van der Waals surface area contributed by atoms with Crippen LogP contribution in [0.5, 0.6) is 5.75 Å². The van der Waals surface area contributed by atoms with Crippen molar-refractivity contribution in [3.63, 3.8) is 0 Å². The molecule has 178 valence electrons. The van der Waals surface area contributed by atoms with Gasteiger partial charge in [0.15, 0.2) is 18.2 Å². The number of fused-ring (bicyclic) bond motifs is 2. The van der Waals surface area contributed by atoms with Gasteiger partial charge in [-0.2, -0.15) is 0 Å². The minimum absolute atomic E-state index is 0.0144. The Balaban J connectivity index is 1.16. The van der Waals surface area contributed by atoms with Crippen LogP contribution in [0.2, 0.25) is 0 Å². The minimum Gasteiger partial charge on any atom is -0.480 e. The molecule has 1 saturated carbocycles. The smallest absolute Gasteiger partial charge is 0.269 e. The molecule has 2 aromatic heterocycles. The van der Waals surface area contributed by atoms with Crippen molar-refractivity contribution in [2.24, 2.45) is 11.7 Å². The first-order chi connectivity index (χ1) is 16.5. The number of carbonyl (C=O) groups excluding carboxylic acids is 1. The lowest BCUT2D eigenvalue weighted by molar-refractivity contribution is -0.118. The number of benzene rings is 1. The fraction of sp³-hybridized carbons (Fsp3) is 0.417. The number of anilines is 1. The zero-order chi connectivity index (χ0) is 23.7. The summed E-state index contributed by atoms with van der Waals surface area (Å²) < 4.78 is 20.6. The number of carbonyl (C=O) groups is 1. The highest BCUT2D eigenvalue weighted by molar-refractivity contribution is 5.94. The average molecular weight is 467 g/mol. The first-order valence-corrected chi connectivity index (χ1v) is 11.5. The summed E-state index contributed by atoms with van der Waals surface area (Å²) in [7, 11) is 0. The number of ether oxygens (including phenoxy) is 1. The van der Waals surface area contributed by atoms with E-state index in [0.29, 0.717) is 41.7 Å². The van der Waals surface area contributed by atoms with Gasteiger partial charge in [0.25, 0.3) is 11.5 Å². The zero-order valence-corrected chi connectivity index (χ0v) is 18.7. The van der Waals surface area contributed by atoms with Crippen molar-refractivity contribution in [1.29, 1.82) is 0 Å². The van der Waals surface area contributed by atoms with Gasteiger partial charge in [-0.1, -0.05) is 0 Å². The van der Waals surface area contributed by atoms with E-state index in [9.17, 15) is 14.0 Å². The number of hydrogen-bond acceptors (Lipinski definition) is 7. The molecule has 1 aliphatic heterocycles. The summed E-state index contributed by atoms with van der Waals surface area (Å²) >= 11 is 0. The molecule has 2 aliphatic rings. The molecule has 5 rings (SSSR count). The molecule has 0 saturated heterocycles. The van der Waals surface area contributed by atoms with Crippen LogP contribution in [0.25, 0.3) is 11.0 Å². The van der Waals surface area contributed by atoms with E-state index in [-0.39, 0.29) is 30.0 Å². The predicted octanol–water partition coefficient (Wildman–Crippen LogP) is 1.94. The monoisotopic (exact) mass is 466 g/mol. The van der Waals surface area contributed by atoms with Crippen molar-refractivity contribution < 1.29 is 13.9 Å². The number of aromatic nitrogens is 3. The normalized spacial score (nSPS) is 20.9. The molecule has 1 fully saturated rings. The van der Waals surface area contributed by atoms with Crippen LogP contribution in [-0.4, -0.2) is 39.1 Å². The van der Waals surface area contributed by atoms with Crippen molar-refractivity contribution in [3.8, 4) is 5.75 Å². The molecule has 9 nitrogen and oxygen atoms in total. The lowest BCUT2D eigenvalue weighted by Crippen LogP contribution is -2.42. The Morgan fingerprint density at radius 2 is 2.03 bits per heavy atom. The number of nitrogens with one attached hydrogen (secondary N) is 2. The van der Waals surface area contributed by atoms with Gasteiger partial charge in [0.2, 0.25) is 0 Å². The van der Waals surface area contributed by atoms with Crippen molar-refractivity contribution in [2.45, 2.75) is 50.9 Å². The van der Waals surface area contributed by atoms with Crippen LogP contribution >= 0.6 is 0 Å². The van der Waals surface area contributed by atoms with E-state index in [0.717, 1.165) is 31.4 Å². The van der Waals surface area contributed by atoms with Crippen LogP contribution in [0, 0.1) is 11.7 Å². The van der Waals surface area contributed by atoms with Gasteiger partial charge in [0, 0.05) is 25.2 Å². The van der Waals surface area contributed by atoms with Crippen LogP contribution in [0.3, 0.4) is 0 Å². The van der Waals surface area contributed by atoms with Crippen LogP contribution in [0.1, 0.15) is 31.4 Å². The third-order valence-corrected chi connectivity index (χ3v) is 6.68. The van der Waals surface area contributed by atoms with Crippen LogP contribution in [0.15, 0.2) is 41.3 Å². The number of halogens is 1. The Morgan fingerprint density at radius 3 is 2.85 bits per heavy atom. The molecular weight excluding hydrogens is 439 g/mol. The fourth-order valence-electron chi connectivity index (χ4n) is 4.79. The van der Waals surface area contributed by atoms with E-state index in [1.54, 1.807) is 6.07 Å². The fourth-order valence-corrected chi connectivity index (χ4v) is 4.79. The third-order valence-electron chi connectivity index (χ3n) is 6.68. The topological polar surface area (TPSA) is 124 Å². The van der Waals surface area contributed by atoms with Gasteiger partial charge >= 0.3 is 0 Å². The quantitative estimate of drug-likeness (QED) is 0.507. The van der Waals surface area contributed by atoms with Gasteiger partial charge in [0.1, 0.15) is 5.82 Å². The van der Waals surface area contributed by atoms with E-state index in [2.05, 4.69) is 20.6 Å². The van der Waals surface area contributed by atoms with E-state index < -0.39 is 5.82 Å². The molecule has 0 spiro atoms. The van der Waals surface area contributed by atoms with Gasteiger partial charge in [-0.25, -0.2) is 14.4 Å². The number of pyridine rings is 1. The van der Waals surface area contributed by atoms with E-state index in [1.807, 2.05) is 12.1 Å². The van der Waals surface area contributed by atoms with Gasteiger partial charge in [0.05, 0.1) is 22.9 Å². The van der Waals surface area contributed by atoms with E-state index >= 15 is 0 Å². The first kappa shape index (κ1) is 22.4. The van der Waals surface area contributed by atoms with E-state index in [1.165, 1.54) is 22.9 Å². The number of nitrogens with two attached hydrogens (primary N) is 1. The third kappa shape index (κ3) is 4.78. The SMILES string of the molecule is N[C@H](Cn1c(=O)cnc2ccc(F)cc21)C1CCC(NCc2ccc3c(n2)NC(=O)CO3)CC1. The Hall–Kier alpha value is -3.37. The maximum atomic E-state index is 13.8. The Kier molecular flexibility index (Phi) is 6.25. The summed E-state index contributed by atoms with van der Waals surface area (Å²) in [6, 6.07) is 8.09. The number of rotatable bonds is 6. The molecule has 1 amide bonds. The zero-order valence-electron chi connectivity index (χ0n) is 18.7. The lowest BCUT2D eigenvalue weighted by atomic mass is 9.81. The van der Waals surface area contributed by atoms with Crippen molar-refractivity contribution in [1.82, 2.24) is 19.9 Å². The van der Waals surface area contributed by atoms with Crippen molar-refractivity contribution >= 4 is 22.8 Å². The van der Waals surface area contributed by atoms with Gasteiger partial charge in [-0.05, 0) is 61.9 Å². The average Bonchev–Trinajstić information content (AvgIpc) is 2.84. The molecular formula is C24H27FN6O3. The first-order valence-electron chi connectivity index (χ1n) is 11.5. The summed E-state index contributed by atoms with van der Waals surface area (Å²) in [4.78, 5) is 32.5. The molecule has 3 aromatic rings. The highest BCUT2D eigenvalue weighted by atomic mass is 19.1. The maximum Gasteiger partial charge on any atom is 0.269 e. The van der Waals surface area contributed by atoms with Crippen molar-refractivity contribution in [2.75, 3.05) is 11.9 Å². The second-order valence-electron chi connectivity index (χ2n) is 8.98. The number of nitrogens with zero attached hydrogens (tertiary/aromatic N) is 3. The number of hydrogen-bond donors (Lipinski definition) is 3. The molecule has 3 heterocycles. The summed E-state index contributed by atoms with van der Waals surface area (Å²) in [6.45, 7) is 0.936. The molecule has 0 bridgehead atoms. The minimum atomic E-state index is -0.405. The standard InChI is InChI=1S/C24H27FN6O3/c25-15-3-7-19-20(9-15)31(23(33)11-28-19)12-18(26)14-1-4-16(5-2-14)27-10-17-6-8-21-24(29-17)30-22(32)13-34-21/h3,6-9,11,14,16,18,27H,1-2,4-5,10,12-13,26H2,(H,29,30,32)/t14?,16?,18-/m1/s1. The summed E-state index contributed by atoms with van der Waals surface area (Å²) in [5, 5.41) is 6.27. The highest BCUT2D eigenvalue weighted by Gasteiger charge is 2.26. The van der Waals surface area contributed by atoms with Gasteiger partial charge in [-0.15, -0.1) is 0 Å². The molecule has 34 heavy (non-hydrogen) atoms. The molecule has 1 atom stereocenters. The molecule has 1 aromatic carbocycles. The van der Waals surface area contributed by atoms with Crippen LogP contribution in [0.4, 0.5) is 10.2 Å². The predicted molar refractivity (Wildman–Crippen MR) is 125 cm³/mol. The Bertz CT molecular complexity index is 1270. The molecule has 4 N–H and O–H groups in total. The maximum absolute atomic E-state index is 13.8. The van der Waals surface area contributed by atoms with Gasteiger partial charge in [-0.3, -0.25) is 9.59 Å². The molecule has 0 radical (unpaired) electrons. The van der Waals surface area contributed by atoms with Crippen molar-refractivity contribution in [3.05, 3.63) is 58.4 Å². The summed E-state index contributed by atoms with van der Waals surface area (Å²) in [5.41, 5.74) is 8.11. The summed E-state index contributed by atoms with van der Waals surface area (Å²) in [5.74, 6) is 0.714.